The van der Waals surface area contributed by atoms with Gasteiger partial charge in [-0.3, -0.25) is 0 Å². The number of hydrogen-bond acceptors (Lipinski definition) is 4. The average molecular weight is 236 g/mol. The molecule has 1 aromatic heterocycles. The number of rotatable bonds is 4. The van der Waals surface area contributed by atoms with Crippen LogP contribution in [0.3, 0.4) is 0 Å². The maximum absolute atomic E-state index is 4.43. The SMILES string of the molecule is CC(CNc1ccnc(N(C)C)n1)C(C)(C)C. The van der Waals surface area contributed by atoms with Crippen LogP contribution in [0.15, 0.2) is 12.3 Å². The molecule has 4 nitrogen and oxygen atoms in total. The van der Waals surface area contributed by atoms with E-state index in [4.69, 9.17) is 0 Å². The zero-order valence-electron chi connectivity index (χ0n) is 11.8. The van der Waals surface area contributed by atoms with Gasteiger partial charge in [-0.15, -0.1) is 0 Å². The molecule has 0 bridgehead atoms. The minimum absolute atomic E-state index is 0.310. The van der Waals surface area contributed by atoms with Gasteiger partial charge in [0.2, 0.25) is 5.95 Å². The van der Waals surface area contributed by atoms with Gasteiger partial charge in [-0.1, -0.05) is 27.7 Å². The number of aromatic nitrogens is 2. The van der Waals surface area contributed by atoms with Crippen molar-refractivity contribution < 1.29 is 0 Å². The minimum atomic E-state index is 0.310. The Labute approximate surface area is 104 Å². The maximum atomic E-state index is 4.43. The Bertz CT molecular complexity index is 355. The molecule has 0 radical (unpaired) electrons. The molecule has 1 aromatic rings. The van der Waals surface area contributed by atoms with Gasteiger partial charge < -0.3 is 10.2 Å². The lowest BCUT2D eigenvalue weighted by Gasteiger charge is -2.27. The predicted molar refractivity (Wildman–Crippen MR) is 73.5 cm³/mol. The van der Waals surface area contributed by atoms with E-state index in [1.165, 1.54) is 0 Å². The van der Waals surface area contributed by atoms with Crippen LogP contribution in [-0.4, -0.2) is 30.6 Å². The van der Waals surface area contributed by atoms with Crippen LogP contribution >= 0.6 is 0 Å². The van der Waals surface area contributed by atoms with Crippen LogP contribution < -0.4 is 10.2 Å². The fraction of sp³-hybridized carbons (Fsp3) is 0.692. The van der Waals surface area contributed by atoms with Crippen LogP contribution in [0.1, 0.15) is 27.7 Å². The summed E-state index contributed by atoms with van der Waals surface area (Å²) in [6.07, 6.45) is 1.78. The standard InChI is InChI=1S/C13H24N4/c1-10(13(2,3)4)9-15-11-7-8-14-12(16-11)17(5)6/h7-8,10H,9H2,1-6H3,(H,14,15,16). The summed E-state index contributed by atoms with van der Waals surface area (Å²) in [5, 5.41) is 3.37. The number of anilines is 2. The molecule has 4 heteroatoms. The van der Waals surface area contributed by atoms with Gasteiger partial charge in [-0.05, 0) is 17.4 Å². The van der Waals surface area contributed by atoms with Gasteiger partial charge in [0.1, 0.15) is 5.82 Å². The van der Waals surface area contributed by atoms with Crippen molar-refractivity contribution in [3.63, 3.8) is 0 Å². The molecule has 0 aromatic carbocycles. The Morgan fingerprint density at radius 3 is 2.53 bits per heavy atom. The molecule has 0 amide bonds. The largest absolute Gasteiger partial charge is 0.370 e. The highest BCUT2D eigenvalue weighted by Gasteiger charge is 2.19. The molecular formula is C13H24N4. The molecule has 0 saturated carbocycles. The van der Waals surface area contributed by atoms with Crippen LogP contribution in [0.25, 0.3) is 0 Å². The van der Waals surface area contributed by atoms with Gasteiger partial charge in [0, 0.05) is 26.8 Å². The normalized spacial score (nSPS) is 13.3. The van der Waals surface area contributed by atoms with E-state index in [1.54, 1.807) is 6.20 Å². The van der Waals surface area contributed by atoms with Crippen molar-refractivity contribution in [2.75, 3.05) is 30.9 Å². The van der Waals surface area contributed by atoms with Gasteiger partial charge in [0.25, 0.3) is 0 Å². The Balaban J connectivity index is 2.61. The zero-order chi connectivity index (χ0) is 13.1. The van der Waals surface area contributed by atoms with Crippen molar-refractivity contribution in [1.29, 1.82) is 0 Å². The molecule has 0 spiro atoms. The van der Waals surface area contributed by atoms with E-state index in [0.717, 1.165) is 18.3 Å². The quantitative estimate of drug-likeness (QED) is 0.872. The van der Waals surface area contributed by atoms with Gasteiger partial charge >= 0.3 is 0 Å². The van der Waals surface area contributed by atoms with Gasteiger partial charge in [0.05, 0.1) is 0 Å². The second-order valence-corrected chi connectivity index (χ2v) is 5.78. The van der Waals surface area contributed by atoms with E-state index in [2.05, 4.69) is 43.0 Å². The van der Waals surface area contributed by atoms with Crippen molar-refractivity contribution in [2.24, 2.45) is 11.3 Å². The molecule has 0 saturated heterocycles. The molecule has 17 heavy (non-hydrogen) atoms. The highest BCUT2D eigenvalue weighted by Crippen LogP contribution is 2.25. The Morgan fingerprint density at radius 1 is 1.35 bits per heavy atom. The molecule has 1 heterocycles. The first-order valence-electron chi connectivity index (χ1n) is 6.05. The van der Waals surface area contributed by atoms with Crippen molar-refractivity contribution >= 4 is 11.8 Å². The smallest absolute Gasteiger partial charge is 0.226 e. The molecule has 1 unspecified atom stereocenters. The number of hydrogen-bond donors (Lipinski definition) is 1. The topological polar surface area (TPSA) is 41.1 Å². The summed E-state index contributed by atoms with van der Waals surface area (Å²) in [4.78, 5) is 10.5. The number of nitrogens with zero attached hydrogens (tertiary/aromatic N) is 3. The van der Waals surface area contributed by atoms with Gasteiger partial charge in [-0.2, -0.15) is 4.98 Å². The first-order chi connectivity index (χ1) is 7.80. The fourth-order valence-electron chi connectivity index (χ4n) is 1.23. The zero-order valence-corrected chi connectivity index (χ0v) is 11.8. The lowest BCUT2D eigenvalue weighted by Crippen LogP contribution is -2.25. The molecule has 0 aliphatic heterocycles. The summed E-state index contributed by atoms with van der Waals surface area (Å²) in [7, 11) is 3.88. The first kappa shape index (κ1) is 13.7. The van der Waals surface area contributed by atoms with Crippen molar-refractivity contribution in [3.05, 3.63) is 12.3 Å². The second kappa shape index (κ2) is 5.34. The highest BCUT2D eigenvalue weighted by molar-refractivity contribution is 5.40. The third-order valence-electron chi connectivity index (χ3n) is 3.11. The third kappa shape index (κ3) is 4.21. The van der Waals surface area contributed by atoms with Crippen molar-refractivity contribution in [1.82, 2.24) is 9.97 Å². The summed E-state index contributed by atoms with van der Waals surface area (Å²) in [6.45, 7) is 9.94. The molecule has 1 N–H and O–H groups in total. The summed E-state index contributed by atoms with van der Waals surface area (Å²) < 4.78 is 0. The lowest BCUT2D eigenvalue weighted by molar-refractivity contribution is 0.274. The molecule has 0 aliphatic carbocycles. The molecule has 1 rings (SSSR count). The summed E-state index contributed by atoms with van der Waals surface area (Å²) >= 11 is 0. The second-order valence-electron chi connectivity index (χ2n) is 5.78. The molecule has 0 aliphatic rings. The molecule has 96 valence electrons. The van der Waals surface area contributed by atoms with Gasteiger partial charge in [0.15, 0.2) is 0 Å². The first-order valence-corrected chi connectivity index (χ1v) is 6.05. The monoisotopic (exact) mass is 236 g/mol. The van der Waals surface area contributed by atoms with E-state index in [9.17, 15) is 0 Å². The van der Waals surface area contributed by atoms with Crippen molar-refractivity contribution in [2.45, 2.75) is 27.7 Å². The average Bonchev–Trinajstić information content (AvgIpc) is 2.25. The maximum Gasteiger partial charge on any atom is 0.226 e. The van der Waals surface area contributed by atoms with Crippen LogP contribution in [0, 0.1) is 11.3 Å². The van der Waals surface area contributed by atoms with Crippen LogP contribution in [-0.2, 0) is 0 Å². The predicted octanol–water partition coefficient (Wildman–Crippen LogP) is 2.64. The van der Waals surface area contributed by atoms with Crippen molar-refractivity contribution in [3.8, 4) is 0 Å². The van der Waals surface area contributed by atoms with E-state index in [-0.39, 0.29) is 0 Å². The van der Waals surface area contributed by atoms with Gasteiger partial charge in [-0.25, -0.2) is 4.98 Å². The van der Waals surface area contributed by atoms with Crippen LogP contribution in [0.4, 0.5) is 11.8 Å². The van der Waals surface area contributed by atoms with Crippen LogP contribution in [0.2, 0.25) is 0 Å². The molecular weight excluding hydrogens is 212 g/mol. The van der Waals surface area contributed by atoms with E-state index in [1.807, 2.05) is 25.1 Å². The number of nitrogens with one attached hydrogen (secondary N) is 1. The van der Waals surface area contributed by atoms with E-state index >= 15 is 0 Å². The van der Waals surface area contributed by atoms with E-state index < -0.39 is 0 Å². The minimum Gasteiger partial charge on any atom is -0.370 e. The summed E-state index contributed by atoms with van der Waals surface area (Å²) in [5.41, 5.74) is 0.310. The van der Waals surface area contributed by atoms with E-state index in [0.29, 0.717) is 11.3 Å². The molecule has 0 fully saturated rings. The Morgan fingerprint density at radius 2 is 2.00 bits per heavy atom. The van der Waals surface area contributed by atoms with Crippen LogP contribution in [0.5, 0.6) is 0 Å². The Hall–Kier alpha value is -1.32. The Kier molecular flexibility index (Phi) is 4.32. The molecule has 1 atom stereocenters. The third-order valence-corrected chi connectivity index (χ3v) is 3.11. The lowest BCUT2D eigenvalue weighted by atomic mass is 9.82. The highest BCUT2D eigenvalue weighted by atomic mass is 15.2. The summed E-state index contributed by atoms with van der Waals surface area (Å²) in [6, 6.07) is 1.91. The fourth-order valence-corrected chi connectivity index (χ4v) is 1.23. The summed E-state index contributed by atoms with van der Waals surface area (Å²) in [5.74, 6) is 2.21.